The van der Waals surface area contributed by atoms with E-state index in [1.165, 1.54) is 7.11 Å². The number of aromatic nitrogens is 2. The lowest BCUT2D eigenvalue weighted by atomic mass is 10.0. The molecule has 2 aromatic heterocycles. The number of benzene rings is 2. The lowest BCUT2D eigenvalue weighted by Gasteiger charge is -2.12. The number of aryl methyl sites for hydroxylation is 1. The summed E-state index contributed by atoms with van der Waals surface area (Å²) < 4.78 is 35.3. The van der Waals surface area contributed by atoms with Crippen LogP contribution in [0.3, 0.4) is 0 Å². The summed E-state index contributed by atoms with van der Waals surface area (Å²) in [5.41, 5.74) is 8.99. The van der Waals surface area contributed by atoms with Gasteiger partial charge in [-0.2, -0.15) is 0 Å². The Morgan fingerprint density at radius 3 is 2.68 bits per heavy atom. The number of carbonyl (C=O) groups excluding carboxylic acids is 1. The van der Waals surface area contributed by atoms with Crippen LogP contribution in [0.2, 0.25) is 0 Å². The normalized spacial score (nSPS) is 11.1. The maximum atomic E-state index is 14.4. The summed E-state index contributed by atoms with van der Waals surface area (Å²) in [6.07, 6.45) is 2.38. The van der Waals surface area contributed by atoms with Crippen LogP contribution < -0.4 is 10.5 Å². The van der Waals surface area contributed by atoms with Crippen LogP contribution in [0.5, 0.6) is 5.88 Å². The zero-order valence-corrected chi connectivity index (χ0v) is 17.2. The van der Waals surface area contributed by atoms with Crippen molar-refractivity contribution < 1.29 is 18.3 Å². The van der Waals surface area contributed by atoms with E-state index in [1.807, 2.05) is 25.1 Å². The fourth-order valence-corrected chi connectivity index (χ4v) is 3.89. The molecule has 7 heteroatoms. The number of methoxy groups -OCH3 is 1. The monoisotopic (exact) mass is 421 g/mol. The van der Waals surface area contributed by atoms with Crippen molar-refractivity contribution in [3.63, 3.8) is 0 Å². The number of ether oxygens (including phenoxy) is 1. The van der Waals surface area contributed by atoms with E-state index in [1.54, 1.807) is 22.9 Å². The van der Waals surface area contributed by atoms with Gasteiger partial charge in [-0.25, -0.2) is 13.8 Å². The Hall–Kier alpha value is -3.74. The molecule has 0 bridgehead atoms. The summed E-state index contributed by atoms with van der Waals surface area (Å²) in [5.74, 6) is -1.48. The van der Waals surface area contributed by atoms with E-state index in [0.717, 1.165) is 35.6 Å². The van der Waals surface area contributed by atoms with Gasteiger partial charge in [-0.15, -0.1) is 0 Å². The molecule has 4 aromatic rings. The fraction of sp³-hybridized carbons (Fsp3) is 0.167. The number of halogens is 2. The van der Waals surface area contributed by atoms with Gasteiger partial charge < -0.3 is 15.0 Å². The van der Waals surface area contributed by atoms with E-state index < -0.39 is 17.5 Å². The maximum absolute atomic E-state index is 14.4. The van der Waals surface area contributed by atoms with E-state index in [0.29, 0.717) is 22.5 Å². The fourth-order valence-electron chi connectivity index (χ4n) is 3.89. The first-order valence-corrected chi connectivity index (χ1v) is 9.82. The molecular formula is C24H21F2N3O2. The van der Waals surface area contributed by atoms with Gasteiger partial charge >= 0.3 is 0 Å². The third-order valence-corrected chi connectivity index (χ3v) is 5.34. The molecule has 0 saturated carbocycles. The zero-order valence-electron chi connectivity index (χ0n) is 17.2. The molecule has 0 atom stereocenters. The van der Waals surface area contributed by atoms with Crippen molar-refractivity contribution in [3.8, 4) is 17.0 Å². The van der Waals surface area contributed by atoms with Crippen molar-refractivity contribution in [2.45, 2.75) is 19.9 Å². The second-order valence-corrected chi connectivity index (χ2v) is 7.18. The van der Waals surface area contributed by atoms with Crippen LogP contribution in [-0.4, -0.2) is 22.6 Å². The number of carbonyl (C=O) groups is 1. The van der Waals surface area contributed by atoms with Crippen molar-refractivity contribution in [1.82, 2.24) is 9.55 Å². The van der Waals surface area contributed by atoms with E-state index >= 15 is 0 Å². The molecule has 0 unspecified atom stereocenters. The van der Waals surface area contributed by atoms with Crippen molar-refractivity contribution in [1.29, 1.82) is 0 Å². The summed E-state index contributed by atoms with van der Waals surface area (Å²) in [4.78, 5) is 16.9. The van der Waals surface area contributed by atoms with E-state index in [4.69, 9.17) is 10.5 Å². The zero-order chi connectivity index (χ0) is 22.1. The van der Waals surface area contributed by atoms with Crippen LogP contribution in [0.4, 0.5) is 8.78 Å². The minimum atomic E-state index is -0.688. The van der Waals surface area contributed by atoms with Gasteiger partial charge in [-0.05, 0) is 54.4 Å². The van der Waals surface area contributed by atoms with Crippen LogP contribution in [0.15, 0.2) is 54.7 Å². The first-order valence-electron chi connectivity index (χ1n) is 9.82. The maximum Gasteiger partial charge on any atom is 0.266 e. The van der Waals surface area contributed by atoms with Crippen LogP contribution in [0.25, 0.3) is 22.0 Å². The lowest BCUT2D eigenvalue weighted by Crippen LogP contribution is -2.19. The quantitative estimate of drug-likeness (QED) is 0.491. The van der Waals surface area contributed by atoms with Gasteiger partial charge in [0.2, 0.25) is 5.88 Å². The molecule has 4 rings (SSSR count). The first kappa shape index (κ1) is 20.5. The highest BCUT2D eigenvalue weighted by Crippen LogP contribution is 2.39. The highest BCUT2D eigenvalue weighted by atomic mass is 19.1. The van der Waals surface area contributed by atoms with Crippen LogP contribution in [-0.2, 0) is 13.0 Å². The number of nitrogens with zero attached hydrogens (tertiary/aromatic N) is 2. The number of primary amides is 1. The number of hydrogen-bond donors (Lipinski definition) is 1. The summed E-state index contributed by atoms with van der Waals surface area (Å²) in [5, 5.41) is 0.760. The third-order valence-electron chi connectivity index (χ3n) is 5.34. The van der Waals surface area contributed by atoms with Gasteiger partial charge in [-0.1, -0.05) is 13.0 Å². The smallest absolute Gasteiger partial charge is 0.266 e. The highest BCUT2D eigenvalue weighted by molar-refractivity contribution is 6.10. The van der Waals surface area contributed by atoms with Crippen LogP contribution in [0.1, 0.15) is 28.5 Å². The molecule has 0 radical (unpaired) electrons. The molecule has 2 heterocycles. The third kappa shape index (κ3) is 3.63. The van der Waals surface area contributed by atoms with Crippen molar-refractivity contribution in [2.24, 2.45) is 5.73 Å². The minimum absolute atomic E-state index is 0.0631. The van der Waals surface area contributed by atoms with Gasteiger partial charge in [-0.3, -0.25) is 4.79 Å². The molecular weight excluding hydrogens is 400 g/mol. The average Bonchev–Trinajstić information content (AvgIpc) is 3.09. The molecule has 5 nitrogen and oxygen atoms in total. The molecule has 0 aliphatic rings. The van der Waals surface area contributed by atoms with Gasteiger partial charge in [0.05, 0.1) is 13.7 Å². The molecule has 0 aliphatic carbocycles. The predicted molar refractivity (Wildman–Crippen MR) is 115 cm³/mol. The minimum Gasteiger partial charge on any atom is -0.481 e. The Morgan fingerprint density at radius 1 is 1.16 bits per heavy atom. The number of hydrogen-bond acceptors (Lipinski definition) is 3. The summed E-state index contributed by atoms with van der Waals surface area (Å²) in [7, 11) is 1.49. The number of nitrogens with two attached hydrogens (primary N) is 1. The summed E-state index contributed by atoms with van der Waals surface area (Å²) in [6.45, 7) is 1.96. The number of rotatable bonds is 6. The van der Waals surface area contributed by atoms with E-state index in [9.17, 15) is 13.6 Å². The highest BCUT2D eigenvalue weighted by Gasteiger charge is 2.25. The standard InChI is InChI=1S/C24H21F2N3O2/c1-3-14-6-9-20-18(11-14)21(17-5-4-10-28-24(17)31-2)22(23(27)30)29(20)13-15-12-16(25)7-8-19(15)26/h4-12H,3,13H2,1-2H3,(H2,27,30). The molecule has 158 valence electrons. The Balaban J connectivity index is 2.08. The Labute approximate surface area is 178 Å². The van der Waals surface area contributed by atoms with Gasteiger partial charge in [0.15, 0.2) is 0 Å². The van der Waals surface area contributed by atoms with E-state index in [-0.39, 0.29) is 17.8 Å². The molecule has 0 aliphatic heterocycles. The molecule has 0 fully saturated rings. The molecule has 0 saturated heterocycles. The topological polar surface area (TPSA) is 70.1 Å². The Bertz CT molecular complexity index is 1300. The second kappa shape index (κ2) is 8.18. The van der Waals surface area contributed by atoms with Gasteiger partial charge in [0.25, 0.3) is 5.91 Å². The summed E-state index contributed by atoms with van der Waals surface area (Å²) >= 11 is 0. The SMILES string of the molecule is CCc1ccc2c(c1)c(-c1cccnc1OC)c(C(N)=O)n2Cc1cc(F)ccc1F. The molecule has 1 amide bonds. The number of amides is 1. The van der Waals surface area contributed by atoms with Crippen LogP contribution in [0, 0.1) is 11.6 Å². The summed E-state index contributed by atoms with van der Waals surface area (Å²) in [6, 6.07) is 12.6. The molecule has 2 N–H and O–H groups in total. The molecule has 31 heavy (non-hydrogen) atoms. The predicted octanol–water partition coefficient (Wildman–Crippen LogP) is 4.70. The van der Waals surface area contributed by atoms with Gasteiger partial charge in [0.1, 0.15) is 17.3 Å². The molecule has 0 spiro atoms. The van der Waals surface area contributed by atoms with Crippen molar-refractivity contribution in [3.05, 3.63) is 83.2 Å². The second-order valence-electron chi connectivity index (χ2n) is 7.18. The van der Waals surface area contributed by atoms with Gasteiger partial charge in [0, 0.05) is 33.8 Å². The van der Waals surface area contributed by atoms with Crippen molar-refractivity contribution in [2.75, 3.05) is 7.11 Å². The largest absolute Gasteiger partial charge is 0.481 e. The Morgan fingerprint density at radius 2 is 1.97 bits per heavy atom. The number of fused-ring (bicyclic) bond motifs is 1. The number of pyridine rings is 1. The average molecular weight is 421 g/mol. The first-order chi connectivity index (χ1) is 14.9. The van der Waals surface area contributed by atoms with Crippen molar-refractivity contribution >= 4 is 16.8 Å². The van der Waals surface area contributed by atoms with E-state index in [2.05, 4.69) is 4.98 Å². The molecule has 2 aromatic carbocycles. The lowest BCUT2D eigenvalue weighted by molar-refractivity contribution is 0.0993. The van der Waals surface area contributed by atoms with Crippen LogP contribution >= 0.6 is 0 Å². The Kier molecular flexibility index (Phi) is 5.42.